The molecule has 3 aromatic carbocycles. The summed E-state index contributed by atoms with van der Waals surface area (Å²) in [7, 11) is 0. The number of fused-ring (bicyclic) bond motifs is 3. The van der Waals surface area contributed by atoms with Crippen molar-refractivity contribution in [1.82, 2.24) is 5.32 Å². The number of halogens is 2. The molecule has 1 aliphatic rings. The van der Waals surface area contributed by atoms with Crippen molar-refractivity contribution in [1.29, 1.82) is 0 Å². The van der Waals surface area contributed by atoms with Gasteiger partial charge < -0.3 is 10.1 Å². The number of Topliss-reactive ketones (excluding diaryl/α,β-unsaturated/α-hetero) is 1. The Bertz CT molecular complexity index is 1210. The van der Waals surface area contributed by atoms with Crippen molar-refractivity contribution in [3.05, 3.63) is 93.0 Å². The number of carbonyl (C=O) groups is 3. The van der Waals surface area contributed by atoms with Gasteiger partial charge in [0.1, 0.15) is 6.54 Å². The molecule has 0 bridgehead atoms. The maximum atomic E-state index is 12.5. The first-order valence-electron chi connectivity index (χ1n) is 9.55. The largest absolute Gasteiger partial charge is 0.456 e. The molecule has 7 heteroatoms. The third kappa shape index (κ3) is 4.63. The highest BCUT2D eigenvalue weighted by Gasteiger charge is 2.20. The van der Waals surface area contributed by atoms with Gasteiger partial charge in [0, 0.05) is 11.1 Å². The summed E-state index contributed by atoms with van der Waals surface area (Å²) in [6, 6.07) is 18.0. The van der Waals surface area contributed by atoms with Crippen LogP contribution in [0.5, 0.6) is 0 Å². The molecule has 0 atom stereocenters. The summed E-state index contributed by atoms with van der Waals surface area (Å²) < 4.78 is 5.03. The normalized spacial score (nSPS) is 11.4. The highest BCUT2D eigenvalue weighted by atomic mass is 35.5. The van der Waals surface area contributed by atoms with E-state index < -0.39 is 18.5 Å². The lowest BCUT2D eigenvalue weighted by Crippen LogP contribution is -2.31. The Hall–Kier alpha value is -3.15. The van der Waals surface area contributed by atoms with Gasteiger partial charge in [-0.3, -0.25) is 14.4 Å². The number of hydrogen-bond donors (Lipinski definition) is 1. The molecule has 0 aromatic heterocycles. The molecule has 0 saturated heterocycles. The van der Waals surface area contributed by atoms with E-state index in [0.717, 1.165) is 17.5 Å². The number of nitrogens with one attached hydrogen (secondary N) is 1. The minimum Gasteiger partial charge on any atom is -0.456 e. The number of benzene rings is 3. The van der Waals surface area contributed by atoms with E-state index in [1.807, 2.05) is 30.3 Å². The summed E-state index contributed by atoms with van der Waals surface area (Å²) in [6.45, 7) is -0.772. The quantitative estimate of drug-likeness (QED) is 0.338. The summed E-state index contributed by atoms with van der Waals surface area (Å²) in [5, 5.41) is 2.99. The maximum absolute atomic E-state index is 12.5. The van der Waals surface area contributed by atoms with Crippen molar-refractivity contribution < 1.29 is 19.1 Å². The van der Waals surface area contributed by atoms with Gasteiger partial charge in [-0.05, 0) is 52.9 Å². The fourth-order valence-electron chi connectivity index (χ4n) is 3.47. The standard InChI is InChI=1S/C24H17Cl2NO4/c25-20-8-7-17(11-21(20)26)24(30)27-12-23(29)31-13-22(28)16-6-5-15-9-14-3-1-2-4-18(14)19(15)10-16/h1-8,10-11H,9,12-13H2,(H,27,30). The molecule has 0 saturated carbocycles. The van der Waals surface area contributed by atoms with Gasteiger partial charge in [0.2, 0.25) is 0 Å². The first-order valence-corrected chi connectivity index (χ1v) is 10.3. The zero-order chi connectivity index (χ0) is 22.0. The van der Waals surface area contributed by atoms with E-state index in [9.17, 15) is 14.4 Å². The zero-order valence-electron chi connectivity index (χ0n) is 16.3. The first kappa shape index (κ1) is 21.1. The van der Waals surface area contributed by atoms with E-state index in [4.69, 9.17) is 27.9 Å². The molecule has 0 unspecified atom stereocenters. The van der Waals surface area contributed by atoms with Crippen molar-refractivity contribution in [2.45, 2.75) is 6.42 Å². The average molecular weight is 454 g/mol. The van der Waals surface area contributed by atoms with Gasteiger partial charge in [-0.1, -0.05) is 59.6 Å². The molecule has 31 heavy (non-hydrogen) atoms. The Balaban J connectivity index is 1.32. The Kier molecular flexibility index (Phi) is 6.07. The van der Waals surface area contributed by atoms with E-state index in [1.54, 1.807) is 6.07 Å². The minimum atomic E-state index is -0.715. The van der Waals surface area contributed by atoms with Crippen molar-refractivity contribution in [2.24, 2.45) is 0 Å². The third-order valence-corrected chi connectivity index (χ3v) is 5.80. The number of rotatable bonds is 6. The lowest BCUT2D eigenvalue weighted by atomic mass is 10.0. The fraction of sp³-hybridized carbons (Fsp3) is 0.125. The first-order chi connectivity index (χ1) is 14.9. The Morgan fingerprint density at radius 2 is 1.58 bits per heavy atom. The summed E-state index contributed by atoms with van der Waals surface area (Å²) in [5.74, 6) is -1.52. The number of carbonyl (C=O) groups excluding carboxylic acids is 3. The Morgan fingerprint density at radius 1 is 0.839 bits per heavy atom. The molecule has 1 N–H and O–H groups in total. The summed E-state index contributed by atoms with van der Waals surface area (Å²) in [5.41, 5.74) is 5.28. The van der Waals surface area contributed by atoms with Crippen LogP contribution in [0.4, 0.5) is 0 Å². The lowest BCUT2D eigenvalue weighted by molar-refractivity contribution is -0.141. The molecule has 4 rings (SSSR count). The molecule has 5 nitrogen and oxygen atoms in total. The molecule has 1 amide bonds. The van der Waals surface area contributed by atoms with E-state index in [2.05, 4.69) is 11.4 Å². The second-order valence-corrected chi connectivity index (χ2v) is 7.92. The van der Waals surface area contributed by atoms with Gasteiger partial charge in [-0.15, -0.1) is 0 Å². The SMILES string of the molecule is O=C(CNC(=O)c1ccc(Cl)c(Cl)c1)OCC(=O)c1ccc2c(c1)-c1ccccc1C2. The van der Waals surface area contributed by atoms with Crippen LogP contribution in [-0.4, -0.2) is 30.8 Å². The number of ether oxygens (including phenoxy) is 1. The van der Waals surface area contributed by atoms with Crippen LogP contribution in [0.15, 0.2) is 60.7 Å². The topological polar surface area (TPSA) is 72.5 Å². The number of ketones is 1. The molecule has 0 spiro atoms. The highest BCUT2D eigenvalue weighted by Crippen LogP contribution is 2.36. The van der Waals surface area contributed by atoms with Crippen molar-refractivity contribution >= 4 is 40.9 Å². The van der Waals surface area contributed by atoms with E-state index in [-0.39, 0.29) is 22.9 Å². The molecule has 3 aromatic rings. The molecular formula is C24H17Cl2NO4. The van der Waals surface area contributed by atoms with Gasteiger partial charge in [-0.25, -0.2) is 0 Å². The number of hydrogen-bond acceptors (Lipinski definition) is 4. The second-order valence-electron chi connectivity index (χ2n) is 7.10. The summed E-state index contributed by atoms with van der Waals surface area (Å²) in [6.07, 6.45) is 0.841. The Morgan fingerprint density at radius 3 is 2.39 bits per heavy atom. The van der Waals surface area contributed by atoms with Crippen molar-refractivity contribution in [3.8, 4) is 11.1 Å². The van der Waals surface area contributed by atoms with Gasteiger partial charge >= 0.3 is 5.97 Å². The lowest BCUT2D eigenvalue weighted by Gasteiger charge is -2.08. The monoisotopic (exact) mass is 453 g/mol. The van der Waals surface area contributed by atoms with Crippen molar-refractivity contribution in [3.63, 3.8) is 0 Å². The van der Waals surface area contributed by atoms with E-state index in [0.29, 0.717) is 10.6 Å². The van der Waals surface area contributed by atoms with E-state index in [1.165, 1.54) is 29.3 Å². The molecule has 0 aliphatic heterocycles. The van der Waals surface area contributed by atoms with Crippen LogP contribution in [0.1, 0.15) is 31.8 Å². The number of esters is 1. The molecular weight excluding hydrogens is 437 g/mol. The van der Waals surface area contributed by atoms with Crippen molar-refractivity contribution in [2.75, 3.05) is 13.2 Å². The van der Waals surface area contributed by atoms with Gasteiger partial charge in [0.05, 0.1) is 10.0 Å². The second kappa shape index (κ2) is 8.92. The fourth-order valence-corrected chi connectivity index (χ4v) is 3.77. The van der Waals surface area contributed by atoms with Crippen LogP contribution in [-0.2, 0) is 16.0 Å². The molecule has 1 aliphatic carbocycles. The van der Waals surface area contributed by atoms with Crippen LogP contribution < -0.4 is 5.32 Å². The maximum Gasteiger partial charge on any atom is 0.325 e. The van der Waals surface area contributed by atoms with Crippen LogP contribution >= 0.6 is 23.2 Å². The van der Waals surface area contributed by atoms with Crippen LogP contribution in [0.2, 0.25) is 10.0 Å². The van der Waals surface area contributed by atoms with E-state index >= 15 is 0 Å². The summed E-state index contributed by atoms with van der Waals surface area (Å²) >= 11 is 11.7. The highest BCUT2D eigenvalue weighted by molar-refractivity contribution is 6.42. The minimum absolute atomic E-state index is 0.236. The summed E-state index contributed by atoms with van der Waals surface area (Å²) in [4.78, 5) is 36.5. The average Bonchev–Trinajstić information content (AvgIpc) is 3.15. The molecule has 0 fully saturated rings. The number of amides is 1. The molecule has 156 valence electrons. The third-order valence-electron chi connectivity index (χ3n) is 5.06. The Labute approximate surface area is 188 Å². The van der Waals surface area contributed by atoms with Gasteiger partial charge in [0.25, 0.3) is 5.91 Å². The zero-order valence-corrected chi connectivity index (χ0v) is 17.8. The smallest absolute Gasteiger partial charge is 0.325 e. The molecule has 0 heterocycles. The van der Waals surface area contributed by atoms with Crippen LogP contribution in [0.3, 0.4) is 0 Å². The predicted octanol–water partition coefficient (Wildman–Crippen LogP) is 4.72. The van der Waals surface area contributed by atoms with Crippen LogP contribution in [0.25, 0.3) is 11.1 Å². The van der Waals surface area contributed by atoms with Gasteiger partial charge in [0.15, 0.2) is 12.4 Å². The predicted molar refractivity (Wildman–Crippen MR) is 119 cm³/mol. The van der Waals surface area contributed by atoms with Gasteiger partial charge in [-0.2, -0.15) is 0 Å². The molecule has 0 radical (unpaired) electrons. The van der Waals surface area contributed by atoms with Crippen LogP contribution in [0, 0.1) is 0 Å².